The number of aliphatic hydroxyl groups excluding tert-OH is 29. The molecule has 49 nitrogen and oxygen atoms in total. The van der Waals surface area contributed by atoms with Crippen LogP contribution in [0.2, 0.25) is 0 Å². The molecule has 0 radical (unpaired) electrons. The molecule has 10 aliphatic rings. The second kappa shape index (κ2) is 40.1. The third-order valence-electron chi connectivity index (χ3n) is 22.6. The van der Waals surface area contributed by atoms with Gasteiger partial charge in [0.15, 0.2) is 56.1 Å². The SMILES string of the molecule is COC1C(CO)OC(OC2C(CO)OC(OC3C(CO)OC(OC4C(CO)OC(OC5C(CO)OC(OC6C(CO)OC(OC7C(CO)OC(OC8C(CO)OC(OC9C(CO)OC(Oc%10ccc(CC%11NC(O)=C(O)C%11(C)C)cc%10)C(O)C9O)C(O)C8O)C(O)C7O)C(O)C6O)C(O)C5O)C(O)C4O)C(O)C3O)C(O)C2O)C(O)C1O. The van der Waals surface area contributed by atoms with E-state index in [0.29, 0.717) is 6.42 Å². The number of hydrogen-bond donors (Lipinski definition) is 30. The number of hydrogen-bond acceptors (Lipinski definition) is 49. The van der Waals surface area contributed by atoms with Gasteiger partial charge in [-0.3, -0.25) is 0 Å². The van der Waals surface area contributed by atoms with Gasteiger partial charge in [-0.25, -0.2) is 0 Å². The Morgan fingerprint density at radius 3 is 0.658 bits per heavy atom. The largest absolute Gasteiger partial charge is 0.506 e. The van der Waals surface area contributed by atoms with Gasteiger partial charge in [0.05, 0.1) is 59.5 Å². The zero-order chi connectivity index (χ0) is 85.4. The van der Waals surface area contributed by atoms with Crippen LogP contribution in [0.4, 0.5) is 0 Å². The first-order valence-corrected chi connectivity index (χ1v) is 37.6. The number of aliphatic hydroxyl groups is 29. The summed E-state index contributed by atoms with van der Waals surface area (Å²) in [4.78, 5) is 0. The number of benzene rings is 1. The van der Waals surface area contributed by atoms with Crippen molar-refractivity contribution in [3.63, 3.8) is 0 Å². The van der Waals surface area contributed by atoms with Crippen LogP contribution < -0.4 is 10.1 Å². The normalized spacial score (nSPS) is 49.3. The molecule has 1 aromatic rings. The Labute approximate surface area is 663 Å². The van der Waals surface area contributed by atoms with E-state index in [-0.39, 0.29) is 23.4 Å². The van der Waals surface area contributed by atoms with Gasteiger partial charge in [0.25, 0.3) is 0 Å². The van der Waals surface area contributed by atoms with Gasteiger partial charge in [-0.1, -0.05) is 26.0 Å². The van der Waals surface area contributed by atoms with E-state index in [0.717, 1.165) is 5.56 Å². The molecule has 10 heterocycles. The third kappa shape index (κ3) is 19.3. The Morgan fingerprint density at radius 1 is 0.282 bits per heavy atom. The maximum absolute atomic E-state index is 11.5. The van der Waals surface area contributed by atoms with E-state index in [1.54, 1.807) is 26.0 Å². The van der Waals surface area contributed by atoms with Crippen molar-refractivity contribution in [3.8, 4) is 5.75 Å². The molecule has 0 amide bonds. The van der Waals surface area contributed by atoms with Crippen molar-refractivity contribution in [3.05, 3.63) is 41.5 Å². The Hall–Kier alpha value is -3.64. The smallest absolute Gasteiger partial charge is 0.229 e. The summed E-state index contributed by atoms with van der Waals surface area (Å²) in [5.41, 5.74) is -0.0462. The van der Waals surface area contributed by atoms with Crippen molar-refractivity contribution in [1.82, 2.24) is 5.32 Å². The maximum atomic E-state index is 11.5. The Morgan fingerprint density at radius 2 is 0.470 bits per heavy atom. The average molecular weight is 1710 g/mol. The molecule has 0 aliphatic carbocycles. The van der Waals surface area contributed by atoms with Crippen LogP contribution >= 0.6 is 0 Å². The second-order valence-electron chi connectivity index (χ2n) is 30.4. The van der Waals surface area contributed by atoms with E-state index in [1.807, 2.05) is 0 Å². The van der Waals surface area contributed by atoms with Gasteiger partial charge in [0, 0.05) is 18.6 Å². The van der Waals surface area contributed by atoms with Crippen molar-refractivity contribution < 1.29 is 238 Å². The Bertz CT molecular complexity index is 3240. The standard InChI is InChI=1S/C68H109NO48/c1-68(2)29(69-58(98)57(68)97)8-18-4-6-19(7-5-18)100-59-40(89)31(80)49(21(10-71)102-59)111-61-42(91)33(82)51(23(12-73)104-61)113-63-44(93)35(84)53(25(14-75)106-63)115-65-46(95)37(86)55(27(16-77)108-65)117-67-47(96)38(87)56(28(17-78)109-67)116-66-45(94)36(85)54(26(15-76)107-66)114-64-43(92)34(83)52(24(13-74)105-64)112-62-41(90)32(81)50(22(11-72)103-62)110-60-39(88)30(79)48(99-3)20(9-70)101-60/h4-7,20-56,59-67,69-98H,8-17H2,1-3H3. The first kappa shape index (κ1) is 94.0. The lowest BCUT2D eigenvalue weighted by Gasteiger charge is -2.50. The van der Waals surface area contributed by atoms with Crippen LogP contribution in [0.15, 0.2) is 35.9 Å². The molecule has 46 atom stereocenters. The predicted molar refractivity (Wildman–Crippen MR) is 363 cm³/mol. The van der Waals surface area contributed by atoms with Gasteiger partial charge in [-0.15, -0.1) is 0 Å². The lowest BCUT2D eigenvalue weighted by Crippen LogP contribution is -2.68. The zero-order valence-corrected chi connectivity index (χ0v) is 62.7. The van der Waals surface area contributed by atoms with E-state index in [1.165, 1.54) is 19.2 Å². The summed E-state index contributed by atoms with van der Waals surface area (Å²) >= 11 is 0. The molecule has 0 spiro atoms. The molecule has 0 saturated carbocycles. The minimum absolute atomic E-state index is 0.141. The number of ether oxygens (including phenoxy) is 19. The van der Waals surface area contributed by atoms with E-state index < -0.39 is 341 Å². The second-order valence-corrected chi connectivity index (χ2v) is 30.4. The minimum atomic E-state index is -2.31. The summed E-state index contributed by atoms with van der Waals surface area (Å²) in [6, 6.07) is 5.99. The Balaban J connectivity index is 0.648. The number of nitrogens with one attached hydrogen (secondary N) is 1. The molecule has 0 bridgehead atoms. The highest BCUT2D eigenvalue weighted by Crippen LogP contribution is 2.42. The predicted octanol–water partition coefficient (Wildman–Crippen LogP) is -17.1. The molecule has 11 rings (SSSR count). The minimum Gasteiger partial charge on any atom is -0.506 e. The summed E-state index contributed by atoms with van der Waals surface area (Å²) in [5.74, 6) is -0.387. The number of methoxy groups -OCH3 is 1. The van der Waals surface area contributed by atoms with Crippen molar-refractivity contribution in [1.29, 1.82) is 0 Å². The summed E-state index contributed by atoms with van der Waals surface area (Å²) in [7, 11) is 1.17. The zero-order valence-electron chi connectivity index (χ0n) is 62.7. The van der Waals surface area contributed by atoms with E-state index in [4.69, 9.17) is 90.0 Å². The summed E-state index contributed by atoms with van der Waals surface area (Å²) in [6.07, 6.45) is -87.9. The molecule has 30 N–H and O–H groups in total. The van der Waals surface area contributed by atoms with Crippen LogP contribution in [0.25, 0.3) is 0 Å². The van der Waals surface area contributed by atoms with E-state index in [9.17, 15) is 148 Å². The van der Waals surface area contributed by atoms with Gasteiger partial charge < -0.3 is 243 Å². The van der Waals surface area contributed by atoms with Crippen LogP contribution in [0.3, 0.4) is 0 Å². The quantitative estimate of drug-likeness (QED) is 0.0340. The molecular weight excluding hydrogens is 1600 g/mol. The summed E-state index contributed by atoms with van der Waals surface area (Å²) in [5, 5.41) is 320. The fourth-order valence-electron chi connectivity index (χ4n) is 15.6. The molecular formula is C68H109NO48. The lowest BCUT2D eigenvalue weighted by molar-refractivity contribution is -0.400. The van der Waals surface area contributed by atoms with E-state index in [2.05, 4.69) is 5.32 Å². The molecule has 117 heavy (non-hydrogen) atoms. The average Bonchev–Trinajstić information content (AvgIpc) is 1.72. The molecule has 49 heteroatoms. The fourth-order valence-corrected chi connectivity index (χ4v) is 15.6. The highest BCUT2D eigenvalue weighted by molar-refractivity contribution is 5.30. The first-order valence-electron chi connectivity index (χ1n) is 37.6. The van der Waals surface area contributed by atoms with Gasteiger partial charge >= 0.3 is 0 Å². The first-order chi connectivity index (χ1) is 55.6. The van der Waals surface area contributed by atoms with Gasteiger partial charge in [-0.05, 0) is 24.1 Å². The summed E-state index contributed by atoms with van der Waals surface area (Å²) < 4.78 is 108. The highest BCUT2D eigenvalue weighted by atomic mass is 16.8. The fraction of sp³-hybridized carbons (Fsp3) is 0.882. The van der Waals surface area contributed by atoms with Crippen molar-refractivity contribution in [2.45, 2.75) is 303 Å². The van der Waals surface area contributed by atoms with Crippen LogP contribution in [-0.2, 0) is 91.7 Å². The Kier molecular flexibility index (Phi) is 32.2. The maximum Gasteiger partial charge on any atom is 0.229 e. The lowest BCUT2D eigenvalue weighted by atomic mass is 9.82. The third-order valence-corrected chi connectivity index (χ3v) is 22.6. The topological polar surface area (TPSA) is 774 Å². The molecule has 10 aliphatic heterocycles. The van der Waals surface area contributed by atoms with Gasteiger partial charge in [-0.2, -0.15) is 0 Å². The molecule has 9 saturated heterocycles. The molecule has 674 valence electrons. The van der Waals surface area contributed by atoms with Crippen LogP contribution in [0, 0.1) is 5.41 Å². The van der Waals surface area contributed by atoms with Crippen LogP contribution in [0.1, 0.15) is 19.4 Å². The highest BCUT2D eigenvalue weighted by Gasteiger charge is 2.61. The van der Waals surface area contributed by atoms with Crippen LogP contribution in [0.5, 0.6) is 5.75 Å². The van der Waals surface area contributed by atoms with Crippen molar-refractivity contribution in [2.24, 2.45) is 5.41 Å². The van der Waals surface area contributed by atoms with Crippen LogP contribution in [-0.4, -0.2) is 497 Å². The number of rotatable bonds is 30. The van der Waals surface area contributed by atoms with Gasteiger partial charge in [0.2, 0.25) is 12.2 Å². The van der Waals surface area contributed by atoms with E-state index >= 15 is 0 Å². The van der Waals surface area contributed by atoms with Gasteiger partial charge in [0.1, 0.15) is 225 Å². The molecule has 46 unspecified atom stereocenters. The monoisotopic (exact) mass is 1710 g/mol. The molecule has 0 aromatic heterocycles. The summed E-state index contributed by atoms with van der Waals surface area (Å²) in [6.45, 7) is -5.69. The molecule has 9 fully saturated rings. The molecule has 1 aromatic carbocycles. The van der Waals surface area contributed by atoms with Crippen molar-refractivity contribution >= 4 is 0 Å². The van der Waals surface area contributed by atoms with Crippen molar-refractivity contribution in [2.75, 3.05) is 66.6 Å².